The van der Waals surface area contributed by atoms with Gasteiger partial charge < -0.3 is 15.2 Å². The number of benzene rings is 1. The van der Waals surface area contributed by atoms with Gasteiger partial charge in [-0.15, -0.1) is 0 Å². The van der Waals surface area contributed by atoms with Gasteiger partial charge in [0.25, 0.3) is 0 Å². The van der Waals surface area contributed by atoms with Crippen LogP contribution in [0.2, 0.25) is 0 Å². The zero-order valence-electron chi connectivity index (χ0n) is 16.7. The van der Waals surface area contributed by atoms with Crippen molar-refractivity contribution in [3.63, 3.8) is 0 Å². The molecule has 0 saturated carbocycles. The highest BCUT2D eigenvalue weighted by molar-refractivity contribution is 5.83. The molecule has 1 aromatic rings. The van der Waals surface area contributed by atoms with Crippen molar-refractivity contribution in [1.82, 2.24) is 10.2 Å². The van der Waals surface area contributed by atoms with E-state index in [1.165, 1.54) is 0 Å². The van der Waals surface area contributed by atoms with Crippen molar-refractivity contribution in [2.75, 3.05) is 26.2 Å². The number of amides is 1. The number of esters is 1. The van der Waals surface area contributed by atoms with Crippen molar-refractivity contribution in [1.29, 1.82) is 0 Å². The smallest absolute Gasteiger partial charge is 0.322 e. The fraction of sp³-hybridized carbons (Fsp3) is 0.550. The first-order valence-corrected chi connectivity index (χ1v) is 9.06. The van der Waals surface area contributed by atoms with Crippen LogP contribution in [0.5, 0.6) is 0 Å². The topological polar surface area (TPSA) is 95.9 Å². The van der Waals surface area contributed by atoms with E-state index >= 15 is 0 Å². The molecule has 0 radical (unpaired) electrons. The van der Waals surface area contributed by atoms with E-state index in [-0.39, 0.29) is 13.1 Å². The summed E-state index contributed by atoms with van der Waals surface area (Å²) in [6, 6.07) is 12.0. The van der Waals surface area contributed by atoms with E-state index in [0.717, 1.165) is 12.8 Å². The molecule has 7 heteroatoms. The number of carboxylic acid groups (broad SMARTS) is 1. The molecule has 0 aromatic heterocycles. The van der Waals surface area contributed by atoms with Crippen LogP contribution in [-0.4, -0.2) is 59.6 Å². The van der Waals surface area contributed by atoms with Crippen LogP contribution in [0.25, 0.3) is 0 Å². The van der Waals surface area contributed by atoms with Crippen LogP contribution in [0.4, 0.5) is 0 Å². The molecule has 0 saturated heterocycles. The highest BCUT2D eigenvalue weighted by Gasteiger charge is 2.20. The molecule has 0 unspecified atom stereocenters. The maximum atomic E-state index is 11.8. The largest absolute Gasteiger partial charge is 0.480 e. The fourth-order valence-corrected chi connectivity index (χ4v) is 1.97. The van der Waals surface area contributed by atoms with E-state index in [4.69, 9.17) is 9.84 Å². The Bertz CT molecular complexity index is 529. The lowest BCUT2D eigenvalue weighted by atomic mass is 10.2. The highest BCUT2D eigenvalue weighted by atomic mass is 16.6. The Morgan fingerprint density at radius 2 is 1.52 bits per heavy atom. The minimum Gasteiger partial charge on any atom is -0.480 e. The number of hydrogen-bond acceptors (Lipinski definition) is 5. The highest BCUT2D eigenvalue weighted by Crippen LogP contribution is 2.07. The predicted octanol–water partition coefficient (Wildman–Crippen LogP) is 2.32. The Kier molecular flexibility index (Phi) is 12.5. The summed E-state index contributed by atoms with van der Waals surface area (Å²) in [5.41, 5.74) is -0.570. The van der Waals surface area contributed by atoms with Crippen LogP contribution in [0.1, 0.15) is 40.5 Å². The first kappa shape index (κ1) is 24.6. The number of carbonyl (C=O) groups excluding carboxylic acids is 2. The normalized spacial score (nSPS) is 10.6. The summed E-state index contributed by atoms with van der Waals surface area (Å²) in [5, 5.41) is 10.8. The lowest BCUT2D eigenvalue weighted by molar-refractivity contribution is -0.156. The SMILES string of the molecule is CCCCN(CC(=O)NCC(=O)O)CC(=O)OC(C)(C)C.c1ccccc1. The zero-order chi connectivity index (χ0) is 20.7. The maximum absolute atomic E-state index is 11.8. The number of carboxylic acids is 1. The first-order chi connectivity index (χ1) is 12.6. The first-order valence-electron chi connectivity index (χ1n) is 9.06. The molecule has 0 heterocycles. The van der Waals surface area contributed by atoms with Crippen molar-refractivity contribution >= 4 is 17.8 Å². The number of hydrogen-bond donors (Lipinski definition) is 2. The Morgan fingerprint density at radius 3 is 1.93 bits per heavy atom. The fourth-order valence-electron chi connectivity index (χ4n) is 1.97. The van der Waals surface area contributed by atoms with Gasteiger partial charge in [0.15, 0.2) is 0 Å². The molecular weight excluding hydrogens is 348 g/mol. The van der Waals surface area contributed by atoms with Gasteiger partial charge in [-0.2, -0.15) is 0 Å². The third kappa shape index (κ3) is 16.8. The average Bonchev–Trinajstić information content (AvgIpc) is 2.58. The Morgan fingerprint density at radius 1 is 1.00 bits per heavy atom. The molecule has 1 amide bonds. The number of nitrogens with zero attached hydrogens (tertiary/aromatic N) is 1. The zero-order valence-corrected chi connectivity index (χ0v) is 16.7. The standard InChI is InChI=1S/C14H26N2O5.C6H6/c1-5-6-7-16(9-11(17)15-8-12(18)19)10-13(20)21-14(2,3)4;1-2-4-6-5-3-1/h5-10H2,1-4H3,(H,15,17)(H,18,19);1-6H. The summed E-state index contributed by atoms with van der Waals surface area (Å²) in [4.78, 5) is 35.5. The molecule has 1 rings (SSSR count). The number of nitrogens with one attached hydrogen (secondary N) is 1. The quantitative estimate of drug-likeness (QED) is 0.638. The number of aliphatic carboxylic acids is 1. The van der Waals surface area contributed by atoms with E-state index < -0.39 is 30.0 Å². The van der Waals surface area contributed by atoms with E-state index in [0.29, 0.717) is 6.54 Å². The second-order valence-electron chi connectivity index (χ2n) is 6.98. The van der Waals surface area contributed by atoms with E-state index in [9.17, 15) is 14.4 Å². The molecule has 0 spiro atoms. The van der Waals surface area contributed by atoms with Gasteiger partial charge in [-0.3, -0.25) is 19.3 Å². The van der Waals surface area contributed by atoms with Crippen LogP contribution in [-0.2, 0) is 19.1 Å². The molecular formula is C20H32N2O5. The lowest BCUT2D eigenvalue weighted by Gasteiger charge is -2.24. The molecule has 7 nitrogen and oxygen atoms in total. The van der Waals surface area contributed by atoms with Gasteiger partial charge in [-0.05, 0) is 33.7 Å². The van der Waals surface area contributed by atoms with Crippen LogP contribution in [0.3, 0.4) is 0 Å². The van der Waals surface area contributed by atoms with E-state index in [1.54, 1.807) is 25.7 Å². The summed E-state index contributed by atoms with van der Waals surface area (Å²) in [6.07, 6.45) is 1.77. The molecule has 1 aromatic carbocycles. The van der Waals surface area contributed by atoms with Crippen LogP contribution >= 0.6 is 0 Å². The van der Waals surface area contributed by atoms with Crippen molar-refractivity contribution in [2.24, 2.45) is 0 Å². The molecule has 0 atom stereocenters. The predicted molar refractivity (Wildman–Crippen MR) is 104 cm³/mol. The minimum atomic E-state index is -1.10. The van der Waals surface area contributed by atoms with E-state index in [2.05, 4.69) is 5.32 Å². The van der Waals surface area contributed by atoms with Gasteiger partial charge >= 0.3 is 11.9 Å². The molecule has 0 aliphatic heterocycles. The number of unbranched alkanes of at least 4 members (excludes halogenated alkanes) is 1. The van der Waals surface area contributed by atoms with Crippen molar-refractivity contribution < 1.29 is 24.2 Å². The van der Waals surface area contributed by atoms with Crippen molar-refractivity contribution in [2.45, 2.75) is 46.1 Å². The average molecular weight is 380 g/mol. The second kappa shape index (κ2) is 13.7. The van der Waals surface area contributed by atoms with Crippen LogP contribution in [0, 0.1) is 0 Å². The molecule has 152 valence electrons. The van der Waals surface area contributed by atoms with Crippen molar-refractivity contribution in [3.8, 4) is 0 Å². The number of carbonyl (C=O) groups is 3. The van der Waals surface area contributed by atoms with Crippen LogP contribution < -0.4 is 5.32 Å². The summed E-state index contributed by atoms with van der Waals surface area (Å²) < 4.78 is 5.22. The third-order valence-corrected chi connectivity index (χ3v) is 3.07. The maximum Gasteiger partial charge on any atom is 0.322 e. The number of ether oxygens (including phenoxy) is 1. The summed E-state index contributed by atoms with van der Waals surface area (Å²) >= 11 is 0. The van der Waals surface area contributed by atoms with Gasteiger partial charge in [-0.25, -0.2) is 0 Å². The lowest BCUT2D eigenvalue weighted by Crippen LogP contribution is -2.43. The Balaban J connectivity index is 0.000000941. The van der Waals surface area contributed by atoms with Gasteiger partial charge in [0, 0.05) is 0 Å². The summed E-state index contributed by atoms with van der Waals surface area (Å²) in [5.74, 6) is -1.92. The van der Waals surface area contributed by atoms with Gasteiger partial charge in [0.1, 0.15) is 12.1 Å². The second-order valence-corrected chi connectivity index (χ2v) is 6.98. The molecule has 0 aliphatic carbocycles. The van der Waals surface area contributed by atoms with Gasteiger partial charge in [0.05, 0.1) is 13.1 Å². The van der Waals surface area contributed by atoms with Gasteiger partial charge in [0.2, 0.25) is 5.91 Å². The molecule has 0 bridgehead atoms. The van der Waals surface area contributed by atoms with Crippen LogP contribution in [0.15, 0.2) is 36.4 Å². The molecule has 27 heavy (non-hydrogen) atoms. The minimum absolute atomic E-state index is 0.0117. The summed E-state index contributed by atoms with van der Waals surface area (Å²) in [6.45, 7) is 7.49. The molecule has 0 fully saturated rings. The van der Waals surface area contributed by atoms with E-state index in [1.807, 2.05) is 43.3 Å². The van der Waals surface area contributed by atoms with Crippen molar-refractivity contribution in [3.05, 3.63) is 36.4 Å². The molecule has 2 N–H and O–H groups in total. The Hall–Kier alpha value is -2.41. The Labute approximate surface area is 161 Å². The monoisotopic (exact) mass is 380 g/mol. The van der Waals surface area contributed by atoms with Gasteiger partial charge in [-0.1, -0.05) is 49.7 Å². The molecule has 0 aliphatic rings. The number of rotatable bonds is 9. The third-order valence-electron chi connectivity index (χ3n) is 3.07. The summed E-state index contributed by atoms with van der Waals surface area (Å²) in [7, 11) is 0.